The van der Waals surface area contributed by atoms with Gasteiger partial charge in [0.1, 0.15) is 5.82 Å². The Balaban J connectivity index is 0.000000226. The van der Waals surface area contributed by atoms with E-state index >= 15 is 0 Å². The van der Waals surface area contributed by atoms with Crippen LogP contribution in [-0.2, 0) is 0 Å². The number of aromatic nitrogens is 7. The summed E-state index contributed by atoms with van der Waals surface area (Å²) in [7, 11) is 0. The first kappa shape index (κ1) is 35.2. The van der Waals surface area contributed by atoms with Crippen molar-refractivity contribution in [1.29, 1.82) is 0 Å². The first-order valence-corrected chi connectivity index (χ1v) is 16.5. The molecule has 5 aromatic heterocycles. The molecule has 0 aliphatic rings. The van der Waals surface area contributed by atoms with Gasteiger partial charge in [-0.25, -0.2) is 24.3 Å². The molecule has 0 aliphatic heterocycles. The summed E-state index contributed by atoms with van der Waals surface area (Å²) in [6.45, 7) is 6.10. The molecule has 0 radical (unpaired) electrons. The van der Waals surface area contributed by atoms with Gasteiger partial charge in [-0.2, -0.15) is 0 Å². The predicted molar refractivity (Wildman–Crippen MR) is 191 cm³/mol. The molecule has 12 heteroatoms. The highest BCUT2D eigenvalue weighted by Gasteiger charge is 2.20. The van der Waals surface area contributed by atoms with Crippen LogP contribution in [0.4, 0.5) is 21.6 Å². The molecule has 0 spiro atoms. The first-order valence-electron chi connectivity index (χ1n) is 15.3. The normalized spacial score (nSPS) is 10.3. The average Bonchev–Trinajstić information content (AvgIpc) is 3.11. The minimum absolute atomic E-state index is 0.266. The standard InChI is InChI=1S/C21H18BrFN6.C9H14N2.C5H4ClN/c1-2-3-12-29(15-6-8-24-9-7-15)21-18-20(26-11-10-25-18)27-19(28-21)16-13-14(22)4-5-17(16)23;1-2-3-6-11-9-4-7-10-8-5-9;6-5-1-3-7-4-2-5/h4-11,13H,2-3,12H2,1H3;4-5,7-8H,2-3,6H2,1H3,(H,10,11);1-4H. The van der Waals surface area contributed by atoms with E-state index in [4.69, 9.17) is 16.6 Å². The number of halogens is 3. The third-order valence-corrected chi connectivity index (χ3v) is 7.37. The lowest BCUT2D eigenvalue weighted by molar-refractivity contribution is 0.629. The second kappa shape index (κ2) is 19.1. The van der Waals surface area contributed by atoms with Gasteiger partial charge in [-0.1, -0.05) is 54.2 Å². The largest absolute Gasteiger partial charge is 0.385 e. The summed E-state index contributed by atoms with van der Waals surface area (Å²) in [4.78, 5) is 31.9. The minimum atomic E-state index is -0.397. The van der Waals surface area contributed by atoms with Crippen molar-refractivity contribution in [2.75, 3.05) is 23.3 Å². The van der Waals surface area contributed by atoms with Crippen molar-refractivity contribution in [2.24, 2.45) is 0 Å². The third-order valence-electron chi connectivity index (χ3n) is 6.63. The van der Waals surface area contributed by atoms with Gasteiger partial charge in [-0.05, 0) is 67.4 Å². The Kier molecular flexibility index (Phi) is 14.4. The van der Waals surface area contributed by atoms with Crippen molar-refractivity contribution < 1.29 is 4.39 Å². The number of fused-ring (bicyclic) bond motifs is 1. The van der Waals surface area contributed by atoms with Crippen LogP contribution < -0.4 is 10.2 Å². The summed E-state index contributed by atoms with van der Waals surface area (Å²) in [5.74, 6) is 0.464. The topological polar surface area (TPSA) is 106 Å². The van der Waals surface area contributed by atoms with E-state index in [9.17, 15) is 4.39 Å². The van der Waals surface area contributed by atoms with Crippen molar-refractivity contribution in [3.8, 4) is 11.4 Å². The molecule has 0 bridgehead atoms. The van der Waals surface area contributed by atoms with Gasteiger partial charge in [0.2, 0.25) is 0 Å². The monoisotopic (exact) mass is 715 g/mol. The van der Waals surface area contributed by atoms with Crippen LogP contribution in [-0.4, -0.2) is 48.0 Å². The van der Waals surface area contributed by atoms with Crippen LogP contribution in [0.3, 0.4) is 0 Å². The van der Waals surface area contributed by atoms with Crippen LogP contribution in [0.2, 0.25) is 5.02 Å². The second-order valence-electron chi connectivity index (χ2n) is 10.1. The molecule has 0 saturated heterocycles. The molecule has 0 amide bonds. The van der Waals surface area contributed by atoms with Crippen LogP contribution in [0.15, 0.2) is 109 Å². The lowest BCUT2D eigenvalue weighted by Gasteiger charge is -2.24. The lowest BCUT2D eigenvalue weighted by Crippen LogP contribution is -2.21. The Bertz CT molecular complexity index is 1790. The molecular formula is C35H36BrClFN9. The predicted octanol–water partition coefficient (Wildman–Crippen LogP) is 9.35. The zero-order chi connectivity index (χ0) is 33.3. The zero-order valence-electron chi connectivity index (χ0n) is 26.3. The van der Waals surface area contributed by atoms with Gasteiger partial charge in [0.05, 0.1) is 5.56 Å². The van der Waals surface area contributed by atoms with Crippen LogP contribution in [0.1, 0.15) is 39.5 Å². The molecule has 242 valence electrons. The molecule has 6 rings (SSSR count). The highest BCUT2D eigenvalue weighted by atomic mass is 79.9. The van der Waals surface area contributed by atoms with Crippen LogP contribution in [0.5, 0.6) is 0 Å². The first-order chi connectivity index (χ1) is 23.0. The van der Waals surface area contributed by atoms with E-state index < -0.39 is 5.82 Å². The Morgan fingerprint density at radius 1 is 0.766 bits per heavy atom. The number of nitrogens with one attached hydrogen (secondary N) is 1. The number of unbranched alkanes of at least 4 members (excludes halogenated alkanes) is 2. The molecule has 0 saturated carbocycles. The van der Waals surface area contributed by atoms with Crippen LogP contribution in [0.25, 0.3) is 22.6 Å². The SMILES string of the molecule is CCCCN(c1ccncc1)c1nc(-c2cc(Br)ccc2F)nc2nccnc12.CCCCNc1ccncc1.Clc1ccncc1. The van der Waals surface area contributed by atoms with Gasteiger partial charge in [0, 0.05) is 83.5 Å². The zero-order valence-corrected chi connectivity index (χ0v) is 28.6. The Labute approximate surface area is 287 Å². The van der Waals surface area contributed by atoms with Crippen molar-refractivity contribution in [3.63, 3.8) is 0 Å². The van der Waals surface area contributed by atoms with Gasteiger partial charge >= 0.3 is 0 Å². The van der Waals surface area contributed by atoms with E-state index in [0.717, 1.165) is 46.8 Å². The Morgan fingerprint density at radius 2 is 1.40 bits per heavy atom. The third kappa shape index (κ3) is 11.0. The fraction of sp³-hybridized carbons (Fsp3) is 0.229. The van der Waals surface area contributed by atoms with E-state index in [1.165, 1.54) is 18.9 Å². The van der Waals surface area contributed by atoms with E-state index in [1.54, 1.807) is 73.8 Å². The maximum absolute atomic E-state index is 14.6. The van der Waals surface area contributed by atoms with E-state index in [1.807, 2.05) is 24.3 Å². The summed E-state index contributed by atoms with van der Waals surface area (Å²) >= 11 is 8.89. The van der Waals surface area contributed by atoms with Crippen molar-refractivity contribution in [1.82, 2.24) is 34.9 Å². The number of nitrogens with zero attached hydrogens (tertiary/aromatic N) is 8. The molecule has 0 aliphatic carbocycles. The fourth-order valence-corrected chi connectivity index (χ4v) is 4.71. The van der Waals surface area contributed by atoms with Crippen molar-refractivity contribution in [3.05, 3.63) is 119 Å². The molecule has 0 unspecified atom stereocenters. The number of hydrogen-bond donors (Lipinski definition) is 1. The number of hydrogen-bond acceptors (Lipinski definition) is 9. The molecule has 5 heterocycles. The highest BCUT2D eigenvalue weighted by Crippen LogP contribution is 2.32. The molecule has 9 nitrogen and oxygen atoms in total. The quantitative estimate of drug-likeness (QED) is 0.139. The Morgan fingerprint density at radius 3 is 2.04 bits per heavy atom. The fourth-order valence-electron chi connectivity index (χ4n) is 4.24. The molecule has 1 aromatic carbocycles. The molecule has 0 fully saturated rings. The van der Waals surface area contributed by atoms with Crippen LogP contribution >= 0.6 is 27.5 Å². The van der Waals surface area contributed by atoms with E-state index in [2.05, 4.69) is 69.9 Å². The number of anilines is 3. The highest BCUT2D eigenvalue weighted by molar-refractivity contribution is 9.10. The number of pyridine rings is 3. The van der Waals surface area contributed by atoms with Gasteiger partial charge < -0.3 is 10.2 Å². The van der Waals surface area contributed by atoms with Gasteiger partial charge in [0.15, 0.2) is 22.8 Å². The smallest absolute Gasteiger partial charge is 0.184 e. The molecule has 47 heavy (non-hydrogen) atoms. The minimum Gasteiger partial charge on any atom is -0.385 e. The summed E-state index contributed by atoms with van der Waals surface area (Å²) in [6, 6.07) is 16.0. The van der Waals surface area contributed by atoms with Gasteiger partial charge in [-0.3, -0.25) is 15.0 Å². The molecule has 1 N–H and O–H groups in total. The van der Waals surface area contributed by atoms with Crippen molar-refractivity contribution in [2.45, 2.75) is 39.5 Å². The van der Waals surface area contributed by atoms with E-state index in [0.29, 0.717) is 22.5 Å². The molecule has 6 aromatic rings. The molecule has 0 atom stereocenters. The average molecular weight is 717 g/mol. The van der Waals surface area contributed by atoms with Crippen LogP contribution in [0, 0.1) is 5.82 Å². The lowest BCUT2D eigenvalue weighted by atomic mass is 10.2. The number of rotatable bonds is 10. The summed E-state index contributed by atoms with van der Waals surface area (Å²) < 4.78 is 15.3. The maximum atomic E-state index is 14.6. The number of benzene rings is 1. The molecular weight excluding hydrogens is 681 g/mol. The van der Waals surface area contributed by atoms with Crippen molar-refractivity contribution >= 4 is 55.9 Å². The Hall–Kier alpha value is -4.61. The second-order valence-corrected chi connectivity index (χ2v) is 11.5. The van der Waals surface area contributed by atoms with Gasteiger partial charge in [-0.15, -0.1) is 0 Å². The summed E-state index contributed by atoms with van der Waals surface area (Å²) in [5.41, 5.74) is 3.38. The maximum Gasteiger partial charge on any atom is 0.184 e. The summed E-state index contributed by atoms with van der Waals surface area (Å²) in [5, 5.41) is 4.04. The van der Waals surface area contributed by atoms with E-state index in [-0.39, 0.29) is 5.82 Å². The van der Waals surface area contributed by atoms with Gasteiger partial charge in [0.25, 0.3) is 0 Å². The summed E-state index contributed by atoms with van der Waals surface area (Å²) in [6.07, 6.45) is 18.0.